The number of anilines is 1. The monoisotopic (exact) mass is 425 g/mol. The molecule has 1 aliphatic rings. The van der Waals surface area contributed by atoms with Crippen molar-refractivity contribution in [1.82, 2.24) is 10.1 Å². The third-order valence-corrected chi connectivity index (χ3v) is 5.68. The molecule has 0 spiro atoms. The largest absolute Gasteiger partial charge is 0.491 e. The van der Waals surface area contributed by atoms with Gasteiger partial charge in [0.2, 0.25) is 5.89 Å². The maximum Gasteiger partial charge on any atom is 0.256 e. The zero-order valence-corrected chi connectivity index (χ0v) is 17.5. The van der Waals surface area contributed by atoms with Gasteiger partial charge in [-0.3, -0.25) is 4.79 Å². The standard InChI is InChI=1S/C22H23N3O4S/c1-15-23-21(25-29-15)14-30-20-10-3-2-9-19(20)22(26)24-16-6-4-7-17(12-16)28-13-18-8-5-11-27-18/h2-4,6-7,9-10,12,18H,5,8,11,13-14H2,1H3,(H,24,26). The molecule has 0 radical (unpaired) electrons. The quantitative estimate of drug-likeness (QED) is 0.533. The van der Waals surface area contributed by atoms with Gasteiger partial charge in [-0.05, 0) is 37.1 Å². The lowest BCUT2D eigenvalue weighted by Gasteiger charge is -2.13. The zero-order chi connectivity index (χ0) is 20.8. The first-order chi connectivity index (χ1) is 14.7. The van der Waals surface area contributed by atoms with Crippen molar-refractivity contribution in [1.29, 1.82) is 0 Å². The Morgan fingerprint density at radius 3 is 2.97 bits per heavy atom. The number of aromatic nitrogens is 2. The number of hydrogen-bond acceptors (Lipinski definition) is 7. The third kappa shape index (κ3) is 5.40. The summed E-state index contributed by atoms with van der Waals surface area (Å²) >= 11 is 1.49. The Morgan fingerprint density at radius 1 is 1.27 bits per heavy atom. The van der Waals surface area contributed by atoms with Gasteiger partial charge >= 0.3 is 0 Å². The summed E-state index contributed by atoms with van der Waals surface area (Å²) < 4.78 is 16.4. The molecule has 8 heteroatoms. The second-order valence-corrected chi connectivity index (χ2v) is 7.96. The lowest BCUT2D eigenvalue weighted by molar-refractivity contribution is 0.0680. The molecule has 4 rings (SSSR count). The van der Waals surface area contributed by atoms with Crippen LogP contribution in [0.25, 0.3) is 0 Å². The van der Waals surface area contributed by atoms with Gasteiger partial charge in [0.15, 0.2) is 5.82 Å². The number of amides is 1. The molecule has 1 atom stereocenters. The van der Waals surface area contributed by atoms with Gasteiger partial charge < -0.3 is 19.3 Å². The number of rotatable bonds is 8. The van der Waals surface area contributed by atoms with E-state index >= 15 is 0 Å². The first kappa shape index (κ1) is 20.4. The van der Waals surface area contributed by atoms with Gasteiger partial charge in [0, 0.05) is 30.2 Å². The molecule has 0 saturated carbocycles. The van der Waals surface area contributed by atoms with Crippen LogP contribution in [0.4, 0.5) is 5.69 Å². The molecule has 1 saturated heterocycles. The summed E-state index contributed by atoms with van der Waals surface area (Å²) in [5, 5.41) is 6.85. The molecular weight excluding hydrogens is 402 g/mol. The average molecular weight is 426 g/mol. The van der Waals surface area contributed by atoms with Crippen LogP contribution in [0.3, 0.4) is 0 Å². The number of carbonyl (C=O) groups excluding carboxylic acids is 1. The minimum Gasteiger partial charge on any atom is -0.491 e. The number of thioether (sulfide) groups is 1. The fourth-order valence-electron chi connectivity index (χ4n) is 3.15. The lowest BCUT2D eigenvalue weighted by atomic mass is 10.2. The maximum atomic E-state index is 12.9. The Balaban J connectivity index is 1.39. The Labute approximate surface area is 179 Å². The van der Waals surface area contributed by atoms with Gasteiger partial charge in [-0.1, -0.05) is 23.4 Å². The minimum atomic E-state index is -0.182. The molecule has 1 fully saturated rings. The molecule has 1 aromatic heterocycles. The summed E-state index contributed by atoms with van der Waals surface area (Å²) in [5.41, 5.74) is 1.27. The highest BCUT2D eigenvalue weighted by atomic mass is 32.2. The first-order valence-corrected chi connectivity index (χ1v) is 10.8. The van der Waals surface area contributed by atoms with E-state index in [1.165, 1.54) is 11.8 Å². The van der Waals surface area contributed by atoms with E-state index < -0.39 is 0 Å². The molecule has 7 nitrogen and oxygen atoms in total. The summed E-state index contributed by atoms with van der Waals surface area (Å²) in [7, 11) is 0. The summed E-state index contributed by atoms with van der Waals surface area (Å²) in [6.45, 7) is 3.07. The number of nitrogens with zero attached hydrogens (tertiary/aromatic N) is 2. The number of ether oxygens (including phenoxy) is 2. The molecule has 0 aliphatic carbocycles. The maximum absolute atomic E-state index is 12.9. The van der Waals surface area contributed by atoms with Crippen molar-refractivity contribution in [2.45, 2.75) is 36.5 Å². The van der Waals surface area contributed by atoms with Crippen LogP contribution in [0.15, 0.2) is 57.9 Å². The van der Waals surface area contributed by atoms with E-state index in [-0.39, 0.29) is 12.0 Å². The molecule has 156 valence electrons. The van der Waals surface area contributed by atoms with Crippen molar-refractivity contribution in [3.05, 3.63) is 65.8 Å². The molecule has 1 unspecified atom stereocenters. The highest BCUT2D eigenvalue weighted by Crippen LogP contribution is 2.27. The van der Waals surface area contributed by atoms with E-state index in [4.69, 9.17) is 14.0 Å². The summed E-state index contributed by atoms with van der Waals surface area (Å²) in [6.07, 6.45) is 2.25. The van der Waals surface area contributed by atoms with Crippen LogP contribution in [-0.2, 0) is 10.5 Å². The van der Waals surface area contributed by atoms with Gasteiger partial charge in [0.25, 0.3) is 5.91 Å². The average Bonchev–Trinajstić information content (AvgIpc) is 3.43. The fourth-order valence-corrected chi connectivity index (χ4v) is 4.04. The van der Waals surface area contributed by atoms with E-state index in [0.717, 1.165) is 24.3 Å². The summed E-state index contributed by atoms with van der Waals surface area (Å²) in [4.78, 5) is 17.9. The van der Waals surface area contributed by atoms with E-state index in [1.54, 1.807) is 13.0 Å². The number of carbonyl (C=O) groups is 1. The van der Waals surface area contributed by atoms with E-state index in [9.17, 15) is 4.79 Å². The summed E-state index contributed by atoms with van der Waals surface area (Å²) in [5.74, 6) is 2.17. The normalized spacial score (nSPS) is 15.8. The molecule has 1 amide bonds. The molecule has 30 heavy (non-hydrogen) atoms. The number of benzene rings is 2. The SMILES string of the molecule is Cc1nc(CSc2ccccc2C(=O)Nc2cccc(OCC3CCCO3)c2)no1. The predicted molar refractivity (Wildman–Crippen MR) is 114 cm³/mol. The minimum absolute atomic E-state index is 0.148. The molecule has 1 N–H and O–H groups in total. The van der Waals surface area contributed by atoms with Gasteiger partial charge in [-0.2, -0.15) is 4.98 Å². The number of hydrogen-bond donors (Lipinski definition) is 1. The smallest absolute Gasteiger partial charge is 0.256 e. The van der Waals surface area contributed by atoms with Gasteiger partial charge in [-0.15, -0.1) is 11.8 Å². The van der Waals surface area contributed by atoms with Crippen LogP contribution >= 0.6 is 11.8 Å². The molecule has 1 aliphatic heterocycles. The highest BCUT2D eigenvalue weighted by molar-refractivity contribution is 7.98. The van der Waals surface area contributed by atoms with Crippen LogP contribution in [0.1, 0.15) is 34.9 Å². The number of aryl methyl sites for hydroxylation is 1. The zero-order valence-electron chi connectivity index (χ0n) is 16.7. The molecule has 2 heterocycles. The topological polar surface area (TPSA) is 86.5 Å². The second kappa shape index (κ2) is 9.77. The fraction of sp³-hybridized carbons (Fsp3) is 0.318. The Morgan fingerprint density at radius 2 is 2.17 bits per heavy atom. The van der Waals surface area contributed by atoms with Crippen molar-refractivity contribution in [3.8, 4) is 5.75 Å². The van der Waals surface area contributed by atoms with Crippen molar-refractivity contribution >= 4 is 23.4 Å². The highest BCUT2D eigenvalue weighted by Gasteiger charge is 2.16. The molecular formula is C22H23N3O4S. The lowest BCUT2D eigenvalue weighted by Crippen LogP contribution is -2.16. The molecule has 2 aromatic carbocycles. The third-order valence-electron chi connectivity index (χ3n) is 4.61. The predicted octanol–water partition coefficient (Wildman–Crippen LogP) is 4.48. The van der Waals surface area contributed by atoms with Crippen LogP contribution in [0.2, 0.25) is 0 Å². The Kier molecular flexibility index (Phi) is 6.66. The van der Waals surface area contributed by atoms with Crippen LogP contribution < -0.4 is 10.1 Å². The van der Waals surface area contributed by atoms with Crippen LogP contribution in [-0.4, -0.2) is 35.4 Å². The van der Waals surface area contributed by atoms with Gasteiger partial charge in [-0.25, -0.2) is 0 Å². The van der Waals surface area contributed by atoms with E-state index in [0.29, 0.717) is 41.1 Å². The Bertz CT molecular complexity index is 1000. The van der Waals surface area contributed by atoms with E-state index in [1.807, 2.05) is 42.5 Å². The molecule has 3 aromatic rings. The first-order valence-electron chi connectivity index (χ1n) is 9.84. The van der Waals surface area contributed by atoms with Crippen LogP contribution in [0.5, 0.6) is 5.75 Å². The van der Waals surface area contributed by atoms with Gasteiger partial charge in [0.05, 0.1) is 17.4 Å². The Hall–Kier alpha value is -2.84. The van der Waals surface area contributed by atoms with Crippen molar-refractivity contribution < 1.29 is 18.8 Å². The number of nitrogens with one attached hydrogen (secondary N) is 1. The second-order valence-electron chi connectivity index (χ2n) is 6.94. The van der Waals surface area contributed by atoms with Crippen molar-refractivity contribution in [3.63, 3.8) is 0 Å². The van der Waals surface area contributed by atoms with E-state index in [2.05, 4.69) is 15.5 Å². The van der Waals surface area contributed by atoms with Crippen molar-refractivity contribution in [2.75, 3.05) is 18.5 Å². The van der Waals surface area contributed by atoms with Crippen LogP contribution in [0, 0.1) is 6.92 Å². The van der Waals surface area contributed by atoms with Gasteiger partial charge in [0.1, 0.15) is 12.4 Å². The molecule has 0 bridgehead atoms. The van der Waals surface area contributed by atoms with Crippen molar-refractivity contribution in [2.24, 2.45) is 0 Å². The summed E-state index contributed by atoms with van der Waals surface area (Å²) in [6, 6.07) is 14.9.